The molecule has 25 heavy (non-hydrogen) atoms. The molecule has 0 bridgehead atoms. The summed E-state index contributed by atoms with van der Waals surface area (Å²) in [5.41, 5.74) is 2.92. The van der Waals surface area contributed by atoms with Gasteiger partial charge in [-0.1, -0.05) is 48.5 Å². The number of benzene rings is 2. The Kier molecular flexibility index (Phi) is 4.48. The topological polar surface area (TPSA) is 56.2 Å². The fraction of sp³-hybridized carbons (Fsp3) is 0.300. The zero-order chi connectivity index (χ0) is 17.1. The number of carbonyl (C=O) groups excluding carboxylic acids is 1. The summed E-state index contributed by atoms with van der Waals surface area (Å²) in [6.45, 7) is 1.58. The molecular formula is C20H21N3O2. The number of hydrogen-bond acceptors (Lipinski definition) is 3. The predicted molar refractivity (Wildman–Crippen MR) is 97.2 cm³/mol. The highest BCUT2D eigenvalue weighted by Crippen LogP contribution is 2.27. The van der Waals surface area contributed by atoms with E-state index in [1.165, 1.54) is 0 Å². The van der Waals surface area contributed by atoms with Crippen molar-refractivity contribution in [1.82, 2.24) is 15.1 Å². The van der Waals surface area contributed by atoms with Crippen LogP contribution in [0.25, 0.3) is 22.2 Å². The van der Waals surface area contributed by atoms with Crippen molar-refractivity contribution in [1.29, 1.82) is 0 Å². The second-order valence-electron chi connectivity index (χ2n) is 6.33. The maximum Gasteiger partial charge on any atom is 0.241 e. The number of fused-ring (bicyclic) bond motifs is 1. The number of nitrogens with zero attached hydrogens (tertiary/aromatic N) is 2. The molecule has 0 saturated carbocycles. The van der Waals surface area contributed by atoms with E-state index in [1.54, 1.807) is 4.68 Å². The second-order valence-corrected chi connectivity index (χ2v) is 6.33. The van der Waals surface area contributed by atoms with Crippen LogP contribution in [0, 0.1) is 0 Å². The van der Waals surface area contributed by atoms with Gasteiger partial charge in [-0.25, -0.2) is 0 Å². The molecule has 5 nitrogen and oxygen atoms in total. The Balaban J connectivity index is 1.56. The van der Waals surface area contributed by atoms with E-state index in [1.807, 2.05) is 54.6 Å². The minimum atomic E-state index is -0.0386. The van der Waals surface area contributed by atoms with Crippen molar-refractivity contribution in [3.05, 3.63) is 54.6 Å². The number of para-hydroxylation sites is 1. The monoisotopic (exact) mass is 335 g/mol. The molecule has 2 heterocycles. The van der Waals surface area contributed by atoms with Crippen molar-refractivity contribution in [2.75, 3.05) is 13.2 Å². The van der Waals surface area contributed by atoms with Crippen LogP contribution in [0.2, 0.25) is 0 Å². The van der Waals surface area contributed by atoms with Crippen molar-refractivity contribution in [2.45, 2.75) is 25.5 Å². The van der Waals surface area contributed by atoms with E-state index in [2.05, 4.69) is 5.32 Å². The maximum atomic E-state index is 12.3. The summed E-state index contributed by atoms with van der Waals surface area (Å²) in [6.07, 6.45) is 2.24. The lowest BCUT2D eigenvalue weighted by Crippen LogP contribution is -2.34. The summed E-state index contributed by atoms with van der Waals surface area (Å²) in [6, 6.07) is 18.1. The van der Waals surface area contributed by atoms with Crippen LogP contribution in [0.15, 0.2) is 54.6 Å². The maximum absolute atomic E-state index is 12.3. The van der Waals surface area contributed by atoms with Gasteiger partial charge in [0.1, 0.15) is 12.2 Å². The van der Waals surface area contributed by atoms with Gasteiger partial charge in [-0.15, -0.1) is 0 Å². The van der Waals surface area contributed by atoms with E-state index < -0.39 is 0 Å². The molecule has 5 heteroatoms. The minimum absolute atomic E-state index is 0.0386. The quantitative estimate of drug-likeness (QED) is 0.780. The third-order valence-electron chi connectivity index (χ3n) is 4.55. The standard InChI is InChI=1S/C20H21N3O2/c24-19(21-13-16-9-6-12-25-16)14-23-18-11-5-4-10-17(18)20(22-23)15-7-2-1-3-8-15/h1-5,7-8,10-11,16H,6,9,12-14H2,(H,21,24)/t16-/m1/s1. The minimum Gasteiger partial charge on any atom is -0.376 e. The first kappa shape index (κ1) is 15.8. The first-order valence-electron chi connectivity index (χ1n) is 8.70. The van der Waals surface area contributed by atoms with Gasteiger partial charge in [0.2, 0.25) is 5.91 Å². The highest BCUT2D eigenvalue weighted by molar-refractivity contribution is 5.94. The van der Waals surface area contributed by atoms with Gasteiger partial charge in [0.05, 0.1) is 11.6 Å². The number of carbonyl (C=O) groups is 1. The fourth-order valence-electron chi connectivity index (χ4n) is 3.28. The van der Waals surface area contributed by atoms with Gasteiger partial charge in [0.15, 0.2) is 0 Å². The van der Waals surface area contributed by atoms with Gasteiger partial charge in [-0.3, -0.25) is 9.48 Å². The lowest BCUT2D eigenvalue weighted by Gasteiger charge is -2.11. The first-order valence-corrected chi connectivity index (χ1v) is 8.70. The Morgan fingerprint density at radius 3 is 2.76 bits per heavy atom. The summed E-state index contributed by atoms with van der Waals surface area (Å²) in [5.74, 6) is -0.0386. The van der Waals surface area contributed by atoms with Crippen LogP contribution in [0.5, 0.6) is 0 Å². The average Bonchev–Trinajstić information content (AvgIpc) is 3.29. The van der Waals surface area contributed by atoms with Gasteiger partial charge < -0.3 is 10.1 Å². The van der Waals surface area contributed by atoms with Crippen molar-refractivity contribution in [3.8, 4) is 11.3 Å². The van der Waals surface area contributed by atoms with Gasteiger partial charge in [0, 0.05) is 24.1 Å². The smallest absolute Gasteiger partial charge is 0.241 e. The normalized spacial score (nSPS) is 17.0. The molecule has 1 saturated heterocycles. The van der Waals surface area contributed by atoms with Gasteiger partial charge in [-0.2, -0.15) is 5.10 Å². The zero-order valence-electron chi connectivity index (χ0n) is 14.0. The summed E-state index contributed by atoms with van der Waals surface area (Å²) in [4.78, 5) is 12.3. The van der Waals surface area contributed by atoms with Crippen LogP contribution in [0.3, 0.4) is 0 Å². The van der Waals surface area contributed by atoms with Crippen molar-refractivity contribution < 1.29 is 9.53 Å². The fourth-order valence-corrected chi connectivity index (χ4v) is 3.28. The summed E-state index contributed by atoms with van der Waals surface area (Å²) in [7, 11) is 0. The van der Waals surface area contributed by atoms with Crippen LogP contribution in [-0.2, 0) is 16.1 Å². The van der Waals surface area contributed by atoms with Crippen LogP contribution in [0.4, 0.5) is 0 Å². The number of rotatable bonds is 5. The number of amides is 1. The lowest BCUT2D eigenvalue weighted by atomic mass is 10.1. The first-order chi connectivity index (χ1) is 12.3. The van der Waals surface area contributed by atoms with E-state index >= 15 is 0 Å². The Morgan fingerprint density at radius 2 is 1.96 bits per heavy atom. The largest absolute Gasteiger partial charge is 0.376 e. The highest BCUT2D eigenvalue weighted by Gasteiger charge is 2.17. The SMILES string of the molecule is O=C(Cn1nc(-c2ccccc2)c2ccccc21)NC[C@H]1CCCO1. The van der Waals surface area contributed by atoms with E-state index in [0.717, 1.165) is 41.6 Å². The van der Waals surface area contributed by atoms with Crippen molar-refractivity contribution in [3.63, 3.8) is 0 Å². The Labute approximate surface area is 146 Å². The zero-order valence-corrected chi connectivity index (χ0v) is 14.0. The lowest BCUT2D eigenvalue weighted by molar-refractivity contribution is -0.122. The van der Waals surface area contributed by atoms with E-state index in [-0.39, 0.29) is 18.6 Å². The summed E-state index contributed by atoms with van der Waals surface area (Å²) >= 11 is 0. The highest BCUT2D eigenvalue weighted by atomic mass is 16.5. The molecule has 3 aromatic rings. The van der Waals surface area contributed by atoms with Crippen LogP contribution in [0.1, 0.15) is 12.8 Å². The number of nitrogens with one attached hydrogen (secondary N) is 1. The summed E-state index contributed by atoms with van der Waals surface area (Å²) < 4.78 is 7.33. The predicted octanol–water partition coefficient (Wildman–Crippen LogP) is 3.00. The molecule has 1 N–H and O–H groups in total. The Morgan fingerprint density at radius 1 is 1.16 bits per heavy atom. The molecule has 2 aromatic carbocycles. The van der Waals surface area contributed by atoms with Gasteiger partial charge in [-0.05, 0) is 18.9 Å². The van der Waals surface area contributed by atoms with Gasteiger partial charge in [0.25, 0.3) is 0 Å². The molecule has 4 rings (SSSR count). The average molecular weight is 335 g/mol. The van der Waals surface area contributed by atoms with Crippen molar-refractivity contribution in [2.24, 2.45) is 0 Å². The third kappa shape index (κ3) is 3.42. The molecule has 0 aliphatic carbocycles. The summed E-state index contributed by atoms with van der Waals surface area (Å²) in [5, 5.41) is 8.72. The van der Waals surface area contributed by atoms with Crippen LogP contribution >= 0.6 is 0 Å². The Bertz CT molecular complexity index is 867. The molecule has 1 atom stereocenters. The van der Waals surface area contributed by atoms with E-state index in [4.69, 9.17) is 9.84 Å². The number of hydrogen-bond donors (Lipinski definition) is 1. The third-order valence-corrected chi connectivity index (χ3v) is 4.55. The molecule has 128 valence electrons. The molecule has 1 aliphatic rings. The van der Waals surface area contributed by atoms with Gasteiger partial charge >= 0.3 is 0 Å². The number of aromatic nitrogens is 2. The Hall–Kier alpha value is -2.66. The number of ether oxygens (including phenoxy) is 1. The molecule has 1 amide bonds. The van der Waals surface area contributed by atoms with Crippen LogP contribution in [-0.4, -0.2) is 34.9 Å². The molecule has 0 radical (unpaired) electrons. The van der Waals surface area contributed by atoms with E-state index in [9.17, 15) is 4.79 Å². The molecule has 1 fully saturated rings. The second kappa shape index (κ2) is 7.07. The molecule has 0 unspecified atom stereocenters. The molecular weight excluding hydrogens is 314 g/mol. The molecule has 1 aliphatic heterocycles. The van der Waals surface area contributed by atoms with Crippen LogP contribution < -0.4 is 5.32 Å². The molecule has 1 aromatic heterocycles. The van der Waals surface area contributed by atoms with Crippen molar-refractivity contribution >= 4 is 16.8 Å². The van der Waals surface area contributed by atoms with E-state index in [0.29, 0.717) is 6.54 Å². The molecule has 0 spiro atoms.